The number of hydrogen-bond acceptors (Lipinski definition) is 1. The summed E-state index contributed by atoms with van der Waals surface area (Å²) in [6, 6.07) is 6.60. The molecule has 0 saturated heterocycles. The molecule has 3 rings (SSSR count). The van der Waals surface area contributed by atoms with Crippen molar-refractivity contribution in [3.63, 3.8) is 0 Å². The monoisotopic (exact) mass is 278 g/mol. The standard InChI is InChI=1S/C16H16ClFO/c1-16(2)7-9(8-17)14-11(16)6-13(19)10-4-3-5-12(18)15(10)14/h3-6,9,19H,7-8H2,1-2H3. The van der Waals surface area contributed by atoms with Gasteiger partial charge in [-0.25, -0.2) is 4.39 Å². The van der Waals surface area contributed by atoms with Crippen molar-refractivity contribution in [3.05, 3.63) is 41.2 Å². The summed E-state index contributed by atoms with van der Waals surface area (Å²) in [5.74, 6) is 0.491. The number of rotatable bonds is 1. The van der Waals surface area contributed by atoms with Crippen LogP contribution in [-0.2, 0) is 5.41 Å². The molecular weight excluding hydrogens is 263 g/mol. The van der Waals surface area contributed by atoms with Crippen LogP contribution in [0.15, 0.2) is 24.3 Å². The highest BCUT2D eigenvalue weighted by Gasteiger charge is 2.38. The number of hydrogen-bond donors (Lipinski definition) is 1. The summed E-state index contributed by atoms with van der Waals surface area (Å²) >= 11 is 6.07. The second kappa shape index (κ2) is 4.11. The van der Waals surface area contributed by atoms with Crippen LogP contribution in [0.25, 0.3) is 10.8 Å². The highest BCUT2D eigenvalue weighted by atomic mass is 35.5. The minimum Gasteiger partial charge on any atom is -0.507 e. The molecule has 0 aromatic heterocycles. The molecule has 1 atom stereocenters. The van der Waals surface area contributed by atoms with Gasteiger partial charge in [0.1, 0.15) is 11.6 Å². The molecule has 0 aliphatic heterocycles. The van der Waals surface area contributed by atoms with Gasteiger partial charge in [0.05, 0.1) is 0 Å². The van der Waals surface area contributed by atoms with Gasteiger partial charge < -0.3 is 5.11 Å². The molecule has 0 saturated carbocycles. The van der Waals surface area contributed by atoms with Crippen LogP contribution in [0.4, 0.5) is 4.39 Å². The maximum absolute atomic E-state index is 14.2. The third-order valence-electron chi connectivity index (χ3n) is 4.21. The molecule has 2 aromatic carbocycles. The summed E-state index contributed by atoms with van der Waals surface area (Å²) in [7, 11) is 0. The Morgan fingerprint density at radius 3 is 2.84 bits per heavy atom. The minimum absolute atomic E-state index is 0.0805. The Morgan fingerprint density at radius 1 is 1.42 bits per heavy atom. The zero-order valence-electron chi connectivity index (χ0n) is 11.0. The van der Waals surface area contributed by atoms with Gasteiger partial charge in [0.25, 0.3) is 0 Å². The SMILES string of the molecule is CC1(C)CC(CCl)c2c1cc(O)c1cccc(F)c21. The number of benzene rings is 2. The molecule has 19 heavy (non-hydrogen) atoms. The molecule has 1 nitrogen and oxygen atoms in total. The molecule has 1 aliphatic rings. The first-order valence-corrected chi connectivity index (χ1v) is 6.99. The van der Waals surface area contributed by atoms with Crippen LogP contribution in [0.5, 0.6) is 5.75 Å². The smallest absolute Gasteiger partial charge is 0.131 e. The number of halogens is 2. The summed E-state index contributed by atoms with van der Waals surface area (Å²) in [4.78, 5) is 0. The zero-order valence-corrected chi connectivity index (χ0v) is 11.8. The van der Waals surface area contributed by atoms with E-state index in [1.807, 2.05) is 0 Å². The highest BCUT2D eigenvalue weighted by molar-refractivity contribution is 6.18. The van der Waals surface area contributed by atoms with E-state index in [9.17, 15) is 9.50 Å². The predicted octanol–water partition coefficient (Wildman–Crippen LogP) is 4.69. The fourth-order valence-corrected chi connectivity index (χ4v) is 3.65. The van der Waals surface area contributed by atoms with Crippen LogP contribution in [0.2, 0.25) is 0 Å². The lowest BCUT2D eigenvalue weighted by Gasteiger charge is -2.19. The average molecular weight is 279 g/mol. The third-order valence-corrected chi connectivity index (χ3v) is 4.58. The van der Waals surface area contributed by atoms with Crippen molar-refractivity contribution in [2.75, 3.05) is 5.88 Å². The van der Waals surface area contributed by atoms with Gasteiger partial charge in [0.2, 0.25) is 0 Å². The summed E-state index contributed by atoms with van der Waals surface area (Å²) in [5, 5.41) is 11.3. The van der Waals surface area contributed by atoms with Crippen molar-refractivity contribution >= 4 is 22.4 Å². The van der Waals surface area contributed by atoms with Crippen molar-refractivity contribution in [1.29, 1.82) is 0 Å². The second-order valence-corrected chi connectivity index (χ2v) is 6.27. The van der Waals surface area contributed by atoms with Crippen molar-refractivity contribution in [2.24, 2.45) is 0 Å². The molecule has 3 heteroatoms. The van der Waals surface area contributed by atoms with E-state index < -0.39 is 0 Å². The maximum Gasteiger partial charge on any atom is 0.131 e. The zero-order chi connectivity index (χ0) is 13.8. The van der Waals surface area contributed by atoms with Gasteiger partial charge in [-0.05, 0) is 41.0 Å². The quantitative estimate of drug-likeness (QED) is 0.751. The molecule has 0 spiro atoms. The first-order chi connectivity index (χ1) is 8.95. The molecule has 1 unspecified atom stereocenters. The van der Waals surface area contributed by atoms with E-state index in [0.29, 0.717) is 16.7 Å². The van der Waals surface area contributed by atoms with Crippen LogP contribution in [0, 0.1) is 5.82 Å². The van der Waals surface area contributed by atoms with Crippen molar-refractivity contribution in [1.82, 2.24) is 0 Å². The number of aromatic hydroxyl groups is 1. The molecule has 0 amide bonds. The van der Waals surface area contributed by atoms with Crippen molar-refractivity contribution in [3.8, 4) is 5.75 Å². The van der Waals surface area contributed by atoms with Gasteiger partial charge in [0, 0.05) is 16.7 Å². The largest absolute Gasteiger partial charge is 0.507 e. The molecule has 1 N–H and O–H groups in total. The average Bonchev–Trinajstić information content (AvgIpc) is 2.62. The molecule has 1 aliphatic carbocycles. The van der Waals surface area contributed by atoms with E-state index in [1.165, 1.54) is 6.07 Å². The maximum atomic E-state index is 14.2. The number of alkyl halides is 1. The molecule has 0 fully saturated rings. The van der Waals surface area contributed by atoms with E-state index >= 15 is 0 Å². The Bertz CT molecular complexity index is 663. The van der Waals surface area contributed by atoms with E-state index in [0.717, 1.165) is 17.5 Å². The summed E-state index contributed by atoms with van der Waals surface area (Å²) in [5.41, 5.74) is 1.92. The predicted molar refractivity (Wildman–Crippen MR) is 76.7 cm³/mol. The first kappa shape index (κ1) is 12.7. The van der Waals surface area contributed by atoms with E-state index in [-0.39, 0.29) is 22.9 Å². The Morgan fingerprint density at radius 2 is 2.16 bits per heavy atom. The number of fused-ring (bicyclic) bond motifs is 3. The molecule has 0 heterocycles. The van der Waals surface area contributed by atoms with Crippen LogP contribution in [0.3, 0.4) is 0 Å². The Balaban J connectivity index is 2.47. The fraction of sp³-hybridized carbons (Fsp3) is 0.375. The van der Waals surface area contributed by atoms with E-state index in [1.54, 1.807) is 18.2 Å². The lowest BCUT2D eigenvalue weighted by Crippen LogP contribution is -2.12. The fourth-order valence-electron chi connectivity index (χ4n) is 3.38. The Hall–Kier alpha value is -1.28. The van der Waals surface area contributed by atoms with Crippen LogP contribution in [0.1, 0.15) is 37.3 Å². The summed E-state index contributed by atoms with van der Waals surface area (Å²) in [6.45, 7) is 4.23. The summed E-state index contributed by atoms with van der Waals surface area (Å²) in [6.07, 6.45) is 0.888. The van der Waals surface area contributed by atoms with Crippen molar-refractivity contribution in [2.45, 2.75) is 31.6 Å². The number of phenols is 1. The van der Waals surface area contributed by atoms with E-state index in [4.69, 9.17) is 11.6 Å². The third kappa shape index (κ3) is 1.73. The van der Waals surface area contributed by atoms with Gasteiger partial charge >= 0.3 is 0 Å². The Labute approximate surface area is 117 Å². The first-order valence-electron chi connectivity index (χ1n) is 6.46. The Kier molecular flexibility index (Phi) is 2.75. The van der Waals surface area contributed by atoms with Gasteiger partial charge in [-0.2, -0.15) is 0 Å². The highest BCUT2D eigenvalue weighted by Crippen LogP contribution is 2.51. The lowest BCUT2D eigenvalue weighted by molar-refractivity contribution is 0.470. The van der Waals surface area contributed by atoms with Crippen LogP contribution in [-0.4, -0.2) is 11.0 Å². The molecule has 0 radical (unpaired) electrons. The van der Waals surface area contributed by atoms with Crippen LogP contribution < -0.4 is 0 Å². The van der Waals surface area contributed by atoms with Gasteiger partial charge in [-0.1, -0.05) is 26.0 Å². The molecule has 0 bridgehead atoms. The number of phenolic OH excluding ortho intramolecular Hbond substituents is 1. The van der Waals surface area contributed by atoms with Gasteiger partial charge in [0.15, 0.2) is 0 Å². The molecule has 2 aromatic rings. The second-order valence-electron chi connectivity index (χ2n) is 5.96. The normalized spacial score (nSPS) is 20.7. The minimum atomic E-state index is -0.280. The topological polar surface area (TPSA) is 20.2 Å². The molecular formula is C16H16ClFO. The van der Waals surface area contributed by atoms with E-state index in [2.05, 4.69) is 13.8 Å². The summed E-state index contributed by atoms with van der Waals surface area (Å²) < 4.78 is 14.2. The van der Waals surface area contributed by atoms with Crippen molar-refractivity contribution < 1.29 is 9.50 Å². The lowest BCUT2D eigenvalue weighted by atomic mass is 9.85. The van der Waals surface area contributed by atoms with Gasteiger partial charge in [-0.3, -0.25) is 0 Å². The van der Waals surface area contributed by atoms with Crippen LogP contribution >= 0.6 is 11.6 Å². The van der Waals surface area contributed by atoms with Gasteiger partial charge in [-0.15, -0.1) is 11.6 Å². The molecule has 100 valence electrons.